The second-order valence-corrected chi connectivity index (χ2v) is 5.92. The highest BCUT2D eigenvalue weighted by Gasteiger charge is 2.14. The Bertz CT molecular complexity index is 714. The molecule has 0 amide bonds. The van der Waals surface area contributed by atoms with Crippen LogP contribution in [0.5, 0.6) is 0 Å². The Hall–Kier alpha value is -1.80. The van der Waals surface area contributed by atoms with Crippen LogP contribution in [0.3, 0.4) is 0 Å². The first kappa shape index (κ1) is 19.5. The number of aliphatic imine (C=N–C) groups is 1. The first-order chi connectivity index (χ1) is 11.7. The van der Waals surface area contributed by atoms with E-state index in [9.17, 15) is 0 Å². The predicted molar refractivity (Wildman–Crippen MR) is 115 cm³/mol. The van der Waals surface area contributed by atoms with Crippen molar-refractivity contribution in [3.63, 3.8) is 0 Å². The lowest BCUT2D eigenvalue weighted by Gasteiger charge is -2.30. The van der Waals surface area contributed by atoms with Gasteiger partial charge in [-0.25, -0.2) is 4.99 Å². The molecule has 0 aromatic heterocycles. The fourth-order valence-corrected chi connectivity index (χ4v) is 2.84. The molecule has 0 unspecified atom stereocenters. The van der Waals surface area contributed by atoms with Gasteiger partial charge in [-0.3, -0.25) is 0 Å². The lowest BCUT2D eigenvalue weighted by Crippen LogP contribution is -2.36. The van der Waals surface area contributed by atoms with Crippen LogP contribution in [0.25, 0.3) is 0 Å². The summed E-state index contributed by atoms with van der Waals surface area (Å²) in [5, 5.41) is 3.15. The van der Waals surface area contributed by atoms with E-state index in [1.54, 1.807) is 0 Å². The van der Waals surface area contributed by atoms with Gasteiger partial charge in [0.2, 0.25) is 0 Å². The highest BCUT2D eigenvalue weighted by molar-refractivity contribution is 14.0. The number of guanidine groups is 1. The number of nitrogens with two attached hydrogens (primary N) is 1. The van der Waals surface area contributed by atoms with E-state index in [0.29, 0.717) is 12.5 Å². The molecule has 0 saturated carbocycles. The fraction of sp³-hybridized carbons (Fsp3) is 0.316. The summed E-state index contributed by atoms with van der Waals surface area (Å²) in [6.45, 7) is 5.98. The van der Waals surface area contributed by atoms with Gasteiger partial charge >= 0.3 is 0 Å². The van der Waals surface area contributed by atoms with Crippen LogP contribution in [-0.4, -0.2) is 32.3 Å². The van der Waals surface area contributed by atoms with Crippen LogP contribution in [0.15, 0.2) is 53.5 Å². The molecule has 2 aromatic carbocycles. The van der Waals surface area contributed by atoms with Gasteiger partial charge in [-0.05, 0) is 36.2 Å². The summed E-state index contributed by atoms with van der Waals surface area (Å²) >= 11 is 0. The summed E-state index contributed by atoms with van der Waals surface area (Å²) in [6.07, 6.45) is 0. The third-order valence-corrected chi connectivity index (χ3v) is 4.05. The quantitative estimate of drug-likeness (QED) is 0.424. The third-order valence-electron chi connectivity index (χ3n) is 4.05. The number of rotatable bonds is 4. The van der Waals surface area contributed by atoms with E-state index in [2.05, 4.69) is 46.4 Å². The van der Waals surface area contributed by atoms with Crippen LogP contribution in [0.2, 0.25) is 0 Å². The maximum atomic E-state index is 6.04. The highest BCUT2D eigenvalue weighted by atomic mass is 127. The Morgan fingerprint density at radius 2 is 1.92 bits per heavy atom. The Balaban J connectivity index is 0.00000225. The van der Waals surface area contributed by atoms with Gasteiger partial charge in [0.05, 0.1) is 19.8 Å². The molecule has 1 heterocycles. The normalized spacial score (nSPS) is 14.8. The lowest BCUT2D eigenvalue weighted by molar-refractivity contribution is 0.122. The van der Waals surface area contributed by atoms with Crippen molar-refractivity contribution in [3.05, 3.63) is 59.7 Å². The van der Waals surface area contributed by atoms with Crippen LogP contribution < -0.4 is 16.0 Å². The van der Waals surface area contributed by atoms with Crippen molar-refractivity contribution < 1.29 is 4.74 Å². The fourth-order valence-electron chi connectivity index (χ4n) is 2.84. The van der Waals surface area contributed by atoms with Crippen LogP contribution in [0, 0.1) is 6.92 Å². The van der Waals surface area contributed by atoms with Crippen molar-refractivity contribution in [2.75, 3.05) is 36.5 Å². The molecule has 2 aromatic rings. The van der Waals surface area contributed by atoms with Gasteiger partial charge in [0, 0.05) is 24.5 Å². The van der Waals surface area contributed by atoms with Gasteiger partial charge in [0.1, 0.15) is 0 Å². The van der Waals surface area contributed by atoms with Gasteiger partial charge in [-0.2, -0.15) is 0 Å². The van der Waals surface area contributed by atoms with Crippen LogP contribution >= 0.6 is 24.0 Å². The Labute approximate surface area is 166 Å². The lowest BCUT2D eigenvalue weighted by atomic mass is 10.1. The first-order valence-electron chi connectivity index (χ1n) is 8.26. The van der Waals surface area contributed by atoms with Crippen molar-refractivity contribution in [1.82, 2.24) is 0 Å². The predicted octanol–water partition coefficient (Wildman–Crippen LogP) is 3.38. The Kier molecular flexibility index (Phi) is 7.52. The monoisotopic (exact) mass is 452 g/mol. The number of morpholine rings is 1. The number of hydrogen-bond donors (Lipinski definition) is 2. The average Bonchev–Trinajstić information content (AvgIpc) is 2.61. The van der Waals surface area contributed by atoms with Crippen LogP contribution in [0.1, 0.15) is 11.1 Å². The number of ether oxygens (including phenoxy) is 1. The number of nitrogens with zero attached hydrogens (tertiary/aromatic N) is 2. The van der Waals surface area contributed by atoms with Crippen molar-refractivity contribution in [2.45, 2.75) is 13.5 Å². The highest BCUT2D eigenvalue weighted by Crippen LogP contribution is 2.22. The van der Waals surface area contributed by atoms with E-state index >= 15 is 0 Å². The van der Waals surface area contributed by atoms with Crippen molar-refractivity contribution in [2.24, 2.45) is 10.7 Å². The van der Waals surface area contributed by atoms with E-state index in [0.717, 1.165) is 32.0 Å². The van der Waals surface area contributed by atoms with Gasteiger partial charge in [0.15, 0.2) is 5.96 Å². The zero-order valence-electron chi connectivity index (χ0n) is 14.4. The minimum Gasteiger partial charge on any atom is -0.378 e. The standard InChI is InChI=1S/C19H24N4O.HI/c1-15-5-4-7-17(13-15)22-19(20)21-14-16-6-2-3-8-18(16)23-9-11-24-12-10-23;/h2-8,13H,9-12,14H2,1H3,(H3,20,21,22);1H. The number of anilines is 2. The molecule has 6 heteroatoms. The molecule has 0 spiro atoms. The second kappa shape index (κ2) is 9.62. The number of nitrogens with one attached hydrogen (secondary N) is 1. The number of hydrogen-bond acceptors (Lipinski definition) is 3. The van der Waals surface area contributed by atoms with Crippen LogP contribution in [-0.2, 0) is 11.3 Å². The molecule has 134 valence electrons. The smallest absolute Gasteiger partial charge is 0.193 e. The average molecular weight is 452 g/mol. The molecule has 1 aliphatic heterocycles. The van der Waals surface area contributed by atoms with Gasteiger partial charge in [-0.1, -0.05) is 30.3 Å². The maximum Gasteiger partial charge on any atom is 0.193 e. The number of aryl methyl sites for hydroxylation is 1. The largest absolute Gasteiger partial charge is 0.378 e. The molecular formula is C19H25IN4O. The summed E-state index contributed by atoms with van der Waals surface area (Å²) in [5.74, 6) is 0.428. The molecule has 0 radical (unpaired) electrons. The summed E-state index contributed by atoms with van der Waals surface area (Å²) in [4.78, 5) is 6.85. The zero-order chi connectivity index (χ0) is 16.8. The van der Waals surface area contributed by atoms with Crippen molar-refractivity contribution in [3.8, 4) is 0 Å². The van der Waals surface area contributed by atoms with E-state index in [4.69, 9.17) is 10.5 Å². The molecule has 0 bridgehead atoms. The molecule has 3 rings (SSSR count). The Morgan fingerprint density at radius 1 is 1.16 bits per heavy atom. The van der Waals surface area contributed by atoms with Crippen LogP contribution in [0.4, 0.5) is 11.4 Å². The number of halogens is 1. The summed E-state index contributed by atoms with van der Waals surface area (Å²) in [6, 6.07) is 16.4. The SMILES string of the molecule is Cc1cccc(NC(N)=NCc2ccccc2N2CCOCC2)c1.I. The first-order valence-corrected chi connectivity index (χ1v) is 8.26. The van der Waals surface area contributed by atoms with Gasteiger partial charge < -0.3 is 20.7 Å². The number of benzene rings is 2. The summed E-state index contributed by atoms with van der Waals surface area (Å²) < 4.78 is 5.44. The molecule has 5 nitrogen and oxygen atoms in total. The molecule has 1 saturated heterocycles. The maximum absolute atomic E-state index is 6.04. The van der Waals surface area contributed by atoms with Gasteiger partial charge in [0.25, 0.3) is 0 Å². The summed E-state index contributed by atoms with van der Waals surface area (Å²) in [7, 11) is 0. The van der Waals surface area contributed by atoms with Crippen molar-refractivity contribution >= 4 is 41.3 Å². The molecule has 0 atom stereocenters. The molecule has 3 N–H and O–H groups in total. The zero-order valence-corrected chi connectivity index (χ0v) is 16.8. The Morgan fingerprint density at radius 3 is 2.68 bits per heavy atom. The second-order valence-electron chi connectivity index (χ2n) is 5.92. The molecule has 1 fully saturated rings. The van der Waals surface area contributed by atoms with Gasteiger partial charge in [-0.15, -0.1) is 24.0 Å². The van der Waals surface area contributed by atoms with E-state index < -0.39 is 0 Å². The third kappa shape index (κ3) is 5.61. The van der Waals surface area contributed by atoms with E-state index in [1.807, 2.05) is 24.3 Å². The molecule has 25 heavy (non-hydrogen) atoms. The molecule has 1 aliphatic rings. The van der Waals surface area contributed by atoms with Crippen molar-refractivity contribution in [1.29, 1.82) is 0 Å². The minimum absolute atomic E-state index is 0. The van der Waals surface area contributed by atoms with E-state index in [1.165, 1.54) is 16.8 Å². The van der Waals surface area contributed by atoms with E-state index in [-0.39, 0.29) is 24.0 Å². The molecule has 0 aliphatic carbocycles. The number of para-hydroxylation sites is 1. The summed E-state index contributed by atoms with van der Waals surface area (Å²) in [5.41, 5.74) is 10.6. The topological polar surface area (TPSA) is 62.9 Å². The minimum atomic E-state index is 0. The molecular weight excluding hydrogens is 427 g/mol.